The molecule has 1 aromatic rings. The molecule has 0 unspecified atom stereocenters. The van der Waals surface area contributed by atoms with Crippen molar-refractivity contribution >= 4 is 5.97 Å². The third-order valence-electron chi connectivity index (χ3n) is 2.57. The number of allylic oxidation sites excluding steroid dienone is 1. The maximum Gasteiger partial charge on any atom is 0.344 e. The van der Waals surface area contributed by atoms with Crippen molar-refractivity contribution in [1.82, 2.24) is 0 Å². The second-order valence-corrected chi connectivity index (χ2v) is 4.26. The molecule has 0 saturated heterocycles. The summed E-state index contributed by atoms with van der Waals surface area (Å²) in [7, 11) is 0. The summed E-state index contributed by atoms with van der Waals surface area (Å²) in [6.45, 7) is 2.13. The van der Waals surface area contributed by atoms with Crippen LogP contribution in [0.2, 0.25) is 0 Å². The molecule has 0 bridgehead atoms. The van der Waals surface area contributed by atoms with Gasteiger partial charge in [-0.15, -0.1) is 0 Å². The molecule has 0 atom stereocenters. The van der Waals surface area contributed by atoms with Gasteiger partial charge in [-0.1, -0.05) is 61.6 Å². The second kappa shape index (κ2) is 9.48. The van der Waals surface area contributed by atoms with Gasteiger partial charge >= 0.3 is 5.97 Å². The number of unbranched alkanes of at least 4 members (excludes halogenated alkanes) is 3. The highest BCUT2D eigenvalue weighted by molar-refractivity contribution is 5.92. The SMILES string of the molecule is CCCCCC#C/C=C(/C#Cc1ccccc1)C(=O)O. The summed E-state index contributed by atoms with van der Waals surface area (Å²) >= 11 is 0. The Balaban J connectivity index is 2.70. The standard InChI is InChI=1S/C18H18O2/c1-2-3-4-5-6-10-13-17(18(19)20)15-14-16-11-8-7-9-12-16/h7-9,11-13H,2-5H2,1H3,(H,19,20)/b17-13-. The van der Waals surface area contributed by atoms with Crippen molar-refractivity contribution < 1.29 is 9.90 Å². The van der Waals surface area contributed by atoms with Crippen LogP contribution in [-0.4, -0.2) is 11.1 Å². The fourth-order valence-electron chi connectivity index (χ4n) is 1.47. The number of carboxylic acids is 1. The number of carboxylic acid groups (broad SMARTS) is 1. The van der Waals surface area contributed by atoms with E-state index >= 15 is 0 Å². The molecule has 0 aliphatic carbocycles. The summed E-state index contributed by atoms with van der Waals surface area (Å²) in [6, 6.07) is 9.29. The number of rotatable bonds is 4. The van der Waals surface area contributed by atoms with Crippen molar-refractivity contribution in [3.8, 4) is 23.7 Å². The van der Waals surface area contributed by atoms with Crippen LogP contribution in [0.4, 0.5) is 0 Å². The highest BCUT2D eigenvalue weighted by Gasteiger charge is 2.01. The molecule has 0 saturated carbocycles. The number of aliphatic carboxylic acids is 1. The number of hydrogen-bond acceptors (Lipinski definition) is 1. The van der Waals surface area contributed by atoms with Gasteiger partial charge in [0.05, 0.1) is 0 Å². The van der Waals surface area contributed by atoms with Crippen LogP contribution in [0.3, 0.4) is 0 Å². The lowest BCUT2D eigenvalue weighted by molar-refractivity contribution is -0.132. The number of hydrogen-bond donors (Lipinski definition) is 1. The molecule has 0 spiro atoms. The van der Waals surface area contributed by atoms with E-state index in [-0.39, 0.29) is 5.57 Å². The van der Waals surface area contributed by atoms with Crippen LogP contribution >= 0.6 is 0 Å². The largest absolute Gasteiger partial charge is 0.477 e. The molecule has 2 nitrogen and oxygen atoms in total. The van der Waals surface area contributed by atoms with Crippen molar-refractivity contribution in [3.63, 3.8) is 0 Å². The van der Waals surface area contributed by atoms with E-state index < -0.39 is 5.97 Å². The Kier molecular flexibility index (Phi) is 7.39. The maximum absolute atomic E-state index is 11.0. The Morgan fingerprint density at radius 3 is 2.65 bits per heavy atom. The van der Waals surface area contributed by atoms with Gasteiger partial charge in [0.15, 0.2) is 0 Å². The Labute approximate surface area is 120 Å². The number of benzene rings is 1. The topological polar surface area (TPSA) is 37.3 Å². The minimum atomic E-state index is -1.05. The molecule has 102 valence electrons. The average molecular weight is 266 g/mol. The average Bonchev–Trinajstić information content (AvgIpc) is 2.46. The lowest BCUT2D eigenvalue weighted by Gasteiger charge is -1.89. The fraction of sp³-hybridized carbons (Fsp3) is 0.278. The van der Waals surface area contributed by atoms with Gasteiger partial charge in [0, 0.05) is 18.1 Å². The summed E-state index contributed by atoms with van der Waals surface area (Å²) in [5.74, 6) is 10.1. The molecule has 0 aliphatic heterocycles. The zero-order valence-corrected chi connectivity index (χ0v) is 11.6. The highest BCUT2D eigenvalue weighted by Crippen LogP contribution is 1.99. The zero-order valence-electron chi connectivity index (χ0n) is 11.6. The first-order chi connectivity index (χ1) is 9.74. The summed E-state index contributed by atoms with van der Waals surface area (Å²) < 4.78 is 0. The first-order valence-corrected chi connectivity index (χ1v) is 6.73. The predicted molar refractivity (Wildman–Crippen MR) is 81.0 cm³/mol. The summed E-state index contributed by atoms with van der Waals surface area (Å²) in [4.78, 5) is 11.0. The van der Waals surface area contributed by atoms with E-state index in [1.165, 1.54) is 6.08 Å². The van der Waals surface area contributed by atoms with E-state index in [4.69, 9.17) is 5.11 Å². The Bertz CT molecular complexity index is 575. The third kappa shape index (κ3) is 6.47. The predicted octanol–water partition coefficient (Wildman–Crippen LogP) is 3.63. The molecular weight excluding hydrogens is 248 g/mol. The van der Waals surface area contributed by atoms with Gasteiger partial charge in [0.1, 0.15) is 5.57 Å². The lowest BCUT2D eigenvalue weighted by Crippen LogP contribution is -1.97. The molecule has 0 amide bonds. The van der Waals surface area contributed by atoms with E-state index in [0.29, 0.717) is 0 Å². The molecule has 0 radical (unpaired) electrons. The van der Waals surface area contributed by atoms with Crippen LogP contribution in [0.5, 0.6) is 0 Å². The Morgan fingerprint density at radius 1 is 1.25 bits per heavy atom. The van der Waals surface area contributed by atoms with Crippen molar-refractivity contribution in [2.75, 3.05) is 0 Å². The summed E-state index contributed by atoms with van der Waals surface area (Å²) in [5.41, 5.74) is 0.812. The van der Waals surface area contributed by atoms with Crippen LogP contribution < -0.4 is 0 Å². The monoisotopic (exact) mass is 266 g/mol. The van der Waals surface area contributed by atoms with Gasteiger partial charge in [-0.05, 0) is 18.6 Å². The molecule has 0 fully saturated rings. The molecule has 0 heterocycles. The quantitative estimate of drug-likeness (QED) is 0.513. The summed E-state index contributed by atoms with van der Waals surface area (Å²) in [6.07, 6.45) is 5.53. The van der Waals surface area contributed by atoms with Crippen LogP contribution in [-0.2, 0) is 4.79 Å². The molecule has 2 heteroatoms. The normalized spacial score (nSPS) is 9.95. The van der Waals surface area contributed by atoms with Gasteiger partial charge in [-0.25, -0.2) is 4.79 Å². The van der Waals surface area contributed by atoms with Crippen LogP contribution in [0.1, 0.15) is 38.2 Å². The second-order valence-electron chi connectivity index (χ2n) is 4.26. The molecule has 20 heavy (non-hydrogen) atoms. The molecule has 0 aliphatic rings. The Morgan fingerprint density at radius 2 is 2.00 bits per heavy atom. The molecular formula is C18H18O2. The van der Waals surface area contributed by atoms with Crippen LogP contribution in [0.15, 0.2) is 42.0 Å². The smallest absolute Gasteiger partial charge is 0.344 e. The first kappa shape index (κ1) is 15.6. The van der Waals surface area contributed by atoms with Gasteiger partial charge in [-0.2, -0.15) is 0 Å². The van der Waals surface area contributed by atoms with Crippen molar-refractivity contribution in [2.45, 2.75) is 32.6 Å². The third-order valence-corrected chi connectivity index (χ3v) is 2.57. The molecule has 0 aromatic heterocycles. The van der Waals surface area contributed by atoms with E-state index in [0.717, 1.165) is 31.2 Å². The summed E-state index contributed by atoms with van der Waals surface area (Å²) in [5, 5.41) is 9.05. The van der Waals surface area contributed by atoms with E-state index in [2.05, 4.69) is 30.6 Å². The van der Waals surface area contributed by atoms with Gasteiger partial charge < -0.3 is 5.11 Å². The minimum absolute atomic E-state index is 0.0249. The van der Waals surface area contributed by atoms with Crippen molar-refractivity contribution in [2.24, 2.45) is 0 Å². The van der Waals surface area contributed by atoms with Gasteiger partial charge in [0.2, 0.25) is 0 Å². The molecule has 1 aromatic carbocycles. The molecule has 1 N–H and O–H groups in total. The first-order valence-electron chi connectivity index (χ1n) is 6.73. The highest BCUT2D eigenvalue weighted by atomic mass is 16.4. The van der Waals surface area contributed by atoms with E-state index in [1.807, 2.05) is 30.3 Å². The van der Waals surface area contributed by atoms with Crippen LogP contribution in [0.25, 0.3) is 0 Å². The Hall–Kier alpha value is -2.45. The van der Waals surface area contributed by atoms with Crippen molar-refractivity contribution in [1.29, 1.82) is 0 Å². The zero-order chi connectivity index (χ0) is 14.6. The van der Waals surface area contributed by atoms with E-state index in [1.54, 1.807) is 0 Å². The van der Waals surface area contributed by atoms with E-state index in [9.17, 15) is 4.79 Å². The maximum atomic E-state index is 11.0. The number of carbonyl (C=O) groups is 1. The van der Waals surface area contributed by atoms with Crippen LogP contribution in [0, 0.1) is 23.7 Å². The molecule has 1 rings (SSSR count). The van der Waals surface area contributed by atoms with Gasteiger partial charge in [0.25, 0.3) is 0 Å². The fourth-order valence-corrected chi connectivity index (χ4v) is 1.47. The lowest BCUT2D eigenvalue weighted by atomic mass is 10.2. The van der Waals surface area contributed by atoms with Gasteiger partial charge in [-0.3, -0.25) is 0 Å². The minimum Gasteiger partial charge on any atom is -0.477 e. The van der Waals surface area contributed by atoms with Crippen molar-refractivity contribution in [3.05, 3.63) is 47.5 Å².